The number of urea groups is 2. The molecule has 4 fully saturated rings. The van der Waals surface area contributed by atoms with Crippen LogP contribution in [-0.2, 0) is 0 Å². The van der Waals surface area contributed by atoms with E-state index in [9.17, 15) is 9.59 Å². The maximum Gasteiger partial charge on any atom is 0.321 e. The topological polar surface area (TPSA) is 178 Å². The Bertz CT molecular complexity index is 2060. The number of benzene rings is 4. The Morgan fingerprint density at radius 1 is 0.590 bits per heavy atom. The highest BCUT2D eigenvalue weighted by Gasteiger charge is 2.28. The summed E-state index contributed by atoms with van der Waals surface area (Å²) in [5, 5.41) is 45.6. The molecule has 0 spiro atoms. The smallest absolute Gasteiger partial charge is 0.314 e. The quantitative estimate of drug-likeness (QED) is 0.0699. The molecule has 4 aliphatic rings. The van der Waals surface area contributed by atoms with E-state index in [1.165, 1.54) is 37.7 Å². The van der Waals surface area contributed by atoms with Gasteiger partial charge in [0.25, 0.3) is 0 Å². The molecule has 9 atom stereocenters. The molecule has 4 aromatic carbocycles. The molecule has 4 aliphatic heterocycles. The molecular formula is C47H68N12O2. The van der Waals surface area contributed by atoms with Crippen LogP contribution in [0, 0.1) is 0 Å². The summed E-state index contributed by atoms with van der Waals surface area (Å²) in [5.74, 6) is 0. The summed E-state index contributed by atoms with van der Waals surface area (Å²) in [7, 11) is 0. The molecule has 0 bridgehead atoms. The zero-order chi connectivity index (χ0) is 42.0. The van der Waals surface area contributed by atoms with E-state index in [1.54, 1.807) is 0 Å². The molecule has 4 heterocycles. The number of piperidine rings is 2. The van der Waals surface area contributed by atoms with E-state index in [4.69, 9.17) is 0 Å². The lowest BCUT2D eigenvalue weighted by molar-refractivity contribution is 0.191. The summed E-state index contributed by atoms with van der Waals surface area (Å²) in [4.78, 5) is 26.1. The lowest BCUT2D eigenvalue weighted by Crippen LogP contribution is -2.67. The van der Waals surface area contributed by atoms with Crippen molar-refractivity contribution in [1.82, 2.24) is 53.2 Å². The van der Waals surface area contributed by atoms with E-state index in [0.29, 0.717) is 18.1 Å². The van der Waals surface area contributed by atoms with Gasteiger partial charge in [-0.15, -0.1) is 0 Å². The maximum absolute atomic E-state index is 13.2. The Morgan fingerprint density at radius 2 is 1.21 bits per heavy atom. The summed E-state index contributed by atoms with van der Waals surface area (Å²) < 4.78 is 0. The maximum atomic E-state index is 13.2. The number of amides is 4. The highest BCUT2D eigenvalue weighted by Crippen LogP contribution is 2.30. The Balaban J connectivity index is 0.760. The molecule has 9 unspecified atom stereocenters. The predicted octanol–water partition coefficient (Wildman–Crippen LogP) is 5.77. The molecule has 328 valence electrons. The van der Waals surface area contributed by atoms with Crippen LogP contribution in [0.5, 0.6) is 0 Å². The van der Waals surface area contributed by atoms with E-state index >= 15 is 0 Å². The second-order valence-electron chi connectivity index (χ2n) is 17.8. The molecule has 4 saturated heterocycles. The largest absolute Gasteiger partial charge is 0.321 e. The fraction of sp³-hybridized carbons (Fsp3) is 0.532. The number of rotatable bonds is 14. The first-order valence-corrected chi connectivity index (χ1v) is 23.0. The number of carbonyl (C=O) groups excluding carboxylic acids is 2. The van der Waals surface area contributed by atoms with Gasteiger partial charge in [0, 0.05) is 41.6 Å². The summed E-state index contributed by atoms with van der Waals surface area (Å²) in [6.45, 7) is 7.28. The minimum Gasteiger partial charge on any atom is -0.314 e. The van der Waals surface area contributed by atoms with Crippen LogP contribution in [0.4, 0.5) is 21.0 Å². The molecular weight excluding hydrogens is 765 g/mol. The summed E-state index contributed by atoms with van der Waals surface area (Å²) in [6, 6.07) is 28.3. The average Bonchev–Trinajstić information content (AvgIpc) is 3.25. The molecule has 0 saturated carbocycles. The fourth-order valence-corrected chi connectivity index (χ4v) is 9.66. The zero-order valence-electron chi connectivity index (χ0n) is 35.9. The second kappa shape index (κ2) is 21.1. The van der Waals surface area contributed by atoms with Crippen molar-refractivity contribution >= 4 is 45.0 Å². The Hall–Kier alpha value is -4.38. The van der Waals surface area contributed by atoms with Crippen LogP contribution in [0.1, 0.15) is 96.1 Å². The van der Waals surface area contributed by atoms with Gasteiger partial charge in [0.15, 0.2) is 0 Å². The minimum atomic E-state index is -0.345. The SMILES string of the molecule is CC1CC(NCCCC2CCCC(c3ccc4ccc(NC(=O)NC5NC(C)CC(NCCC6CCCCN6)N5)cc4c3)N2)NC(NC(=O)Nc2ccc3ccccc3c2)N1. The number of hydrogen-bond donors (Lipinski definition) is 12. The van der Waals surface area contributed by atoms with Gasteiger partial charge in [0.2, 0.25) is 0 Å². The van der Waals surface area contributed by atoms with Gasteiger partial charge < -0.3 is 42.5 Å². The van der Waals surface area contributed by atoms with E-state index < -0.39 is 0 Å². The Morgan fingerprint density at radius 3 is 1.90 bits per heavy atom. The van der Waals surface area contributed by atoms with E-state index in [1.807, 2.05) is 42.5 Å². The standard InChI is InChI=1S/C47H68N12O2/c1-30-25-42(56-44(51-30)58-46(60)54-39-19-17-32-9-3-4-10-34(32)28-39)49-23-8-13-38-12-7-14-41(53-38)35-16-15-33-18-20-40(29-36(33)27-35)55-47(61)59-45-52-31(2)26-43(57-45)50-24-21-37-11-5-6-22-48-37/h3-4,9-10,15-20,27-31,37-38,41-45,48-53,56-57H,5-8,11-14,21-26H2,1-2H3,(H2,54,58,60)(H2,55,59,61). The monoisotopic (exact) mass is 833 g/mol. The number of hydrogen-bond acceptors (Lipinski definition) is 10. The minimum absolute atomic E-state index is 0.0925. The van der Waals surface area contributed by atoms with E-state index in [0.717, 1.165) is 91.1 Å². The predicted molar refractivity (Wildman–Crippen MR) is 247 cm³/mol. The Kier molecular flexibility index (Phi) is 15.0. The van der Waals surface area contributed by atoms with Crippen LogP contribution in [-0.4, -0.2) is 80.8 Å². The molecule has 4 amide bonds. The van der Waals surface area contributed by atoms with E-state index in [2.05, 4.69) is 114 Å². The van der Waals surface area contributed by atoms with Gasteiger partial charge in [-0.1, -0.05) is 61.4 Å². The second-order valence-corrected chi connectivity index (χ2v) is 17.8. The third-order valence-electron chi connectivity index (χ3n) is 12.8. The number of anilines is 2. The van der Waals surface area contributed by atoms with Crippen LogP contribution in [0.15, 0.2) is 78.9 Å². The van der Waals surface area contributed by atoms with Crippen LogP contribution < -0.4 is 63.8 Å². The normalized spacial score (nSPS) is 28.3. The van der Waals surface area contributed by atoms with Crippen molar-refractivity contribution in [3.8, 4) is 0 Å². The molecule has 14 nitrogen and oxygen atoms in total. The molecule has 12 N–H and O–H groups in total. The molecule has 4 aromatic rings. The Labute approximate surface area is 361 Å². The van der Waals surface area contributed by atoms with Crippen molar-refractivity contribution in [2.75, 3.05) is 30.3 Å². The first kappa shape index (κ1) is 43.3. The lowest BCUT2D eigenvalue weighted by Gasteiger charge is -2.37. The third kappa shape index (κ3) is 12.6. The molecule has 0 aliphatic carbocycles. The summed E-state index contributed by atoms with van der Waals surface area (Å²) in [5.41, 5.74) is 2.82. The number of fused-ring (bicyclic) bond motifs is 2. The third-order valence-corrected chi connectivity index (χ3v) is 12.8. The van der Waals surface area contributed by atoms with Crippen molar-refractivity contribution in [1.29, 1.82) is 0 Å². The summed E-state index contributed by atoms with van der Waals surface area (Å²) in [6.07, 6.45) is 12.0. The van der Waals surface area contributed by atoms with Crippen LogP contribution >= 0.6 is 0 Å². The average molecular weight is 833 g/mol. The highest BCUT2D eigenvalue weighted by atomic mass is 16.2. The zero-order valence-corrected chi connectivity index (χ0v) is 35.9. The van der Waals surface area contributed by atoms with Gasteiger partial charge in [-0.05, 0) is 149 Å². The van der Waals surface area contributed by atoms with Gasteiger partial charge in [-0.25, -0.2) is 9.59 Å². The van der Waals surface area contributed by atoms with Crippen molar-refractivity contribution in [3.63, 3.8) is 0 Å². The van der Waals surface area contributed by atoms with Crippen molar-refractivity contribution in [3.05, 3.63) is 84.4 Å². The number of carbonyl (C=O) groups is 2. The first-order valence-electron chi connectivity index (χ1n) is 23.0. The molecule has 8 rings (SSSR count). The van der Waals surface area contributed by atoms with Gasteiger partial charge in [-0.3, -0.25) is 21.3 Å². The van der Waals surface area contributed by atoms with Gasteiger partial charge >= 0.3 is 12.1 Å². The van der Waals surface area contributed by atoms with E-state index in [-0.39, 0.29) is 49.1 Å². The van der Waals surface area contributed by atoms with Crippen molar-refractivity contribution < 1.29 is 9.59 Å². The van der Waals surface area contributed by atoms with Crippen molar-refractivity contribution in [2.24, 2.45) is 0 Å². The van der Waals surface area contributed by atoms with Crippen LogP contribution in [0.3, 0.4) is 0 Å². The van der Waals surface area contributed by atoms with Gasteiger partial charge in [0.1, 0.15) is 12.6 Å². The molecule has 61 heavy (non-hydrogen) atoms. The lowest BCUT2D eigenvalue weighted by atomic mass is 9.90. The van der Waals surface area contributed by atoms with Gasteiger partial charge in [0.05, 0.1) is 12.3 Å². The van der Waals surface area contributed by atoms with Gasteiger partial charge in [-0.2, -0.15) is 0 Å². The summed E-state index contributed by atoms with van der Waals surface area (Å²) >= 11 is 0. The number of nitrogens with one attached hydrogen (secondary N) is 12. The van der Waals surface area contributed by atoms with Crippen LogP contribution in [0.25, 0.3) is 21.5 Å². The highest BCUT2D eigenvalue weighted by molar-refractivity contribution is 5.94. The first-order chi connectivity index (χ1) is 29.8. The fourth-order valence-electron chi connectivity index (χ4n) is 9.66. The molecule has 14 heteroatoms. The molecule has 0 aromatic heterocycles. The molecule has 0 radical (unpaired) electrons. The van der Waals surface area contributed by atoms with Crippen molar-refractivity contribution in [2.45, 2.75) is 140 Å². The van der Waals surface area contributed by atoms with Crippen LogP contribution in [0.2, 0.25) is 0 Å².